The van der Waals surface area contributed by atoms with Crippen LogP contribution in [0, 0.1) is 5.92 Å². The molecule has 1 aliphatic rings. The average Bonchev–Trinajstić information content (AvgIpc) is 2.38. The Labute approximate surface area is 119 Å². The fourth-order valence-electron chi connectivity index (χ4n) is 2.43. The zero-order valence-electron chi connectivity index (χ0n) is 12.3. The van der Waals surface area contributed by atoms with E-state index in [0.717, 1.165) is 12.8 Å². The highest BCUT2D eigenvalue weighted by Gasteiger charge is 2.36. The Morgan fingerprint density at radius 3 is 2.55 bits per heavy atom. The molecule has 1 aliphatic carbocycles. The lowest BCUT2D eigenvalue weighted by Gasteiger charge is -2.35. The minimum Gasteiger partial charge on any atom is -0.481 e. The van der Waals surface area contributed by atoms with Gasteiger partial charge in [0.1, 0.15) is 0 Å². The highest BCUT2D eigenvalue weighted by Crippen LogP contribution is 2.26. The first-order valence-corrected chi connectivity index (χ1v) is 7.01. The third-order valence-electron chi connectivity index (χ3n) is 3.56. The van der Waals surface area contributed by atoms with Crippen LogP contribution in [0.3, 0.4) is 0 Å². The molecule has 0 aromatic heterocycles. The van der Waals surface area contributed by atoms with Crippen LogP contribution in [0.2, 0.25) is 0 Å². The molecule has 0 saturated carbocycles. The van der Waals surface area contributed by atoms with E-state index in [4.69, 9.17) is 15.6 Å². The number of carbonyl (C=O) groups excluding carboxylic acids is 1. The Morgan fingerprint density at radius 1 is 1.50 bits per heavy atom. The molecule has 0 bridgehead atoms. The molecule has 0 saturated heterocycles. The molecule has 0 aliphatic heterocycles. The van der Waals surface area contributed by atoms with E-state index in [1.54, 1.807) is 0 Å². The molecule has 0 fully saturated rings. The van der Waals surface area contributed by atoms with Gasteiger partial charge in [-0.25, -0.2) is 0 Å². The van der Waals surface area contributed by atoms with E-state index in [0.29, 0.717) is 12.1 Å². The highest BCUT2D eigenvalue weighted by atomic mass is 16.5. The summed E-state index contributed by atoms with van der Waals surface area (Å²) in [7, 11) is 0. The van der Waals surface area contributed by atoms with Crippen molar-refractivity contribution in [3.63, 3.8) is 0 Å². The largest absolute Gasteiger partial charge is 0.481 e. The number of rotatable bonds is 6. The smallest absolute Gasteiger partial charge is 0.310 e. The summed E-state index contributed by atoms with van der Waals surface area (Å²) in [6.45, 7) is 5.43. The summed E-state index contributed by atoms with van der Waals surface area (Å²) in [5, 5.41) is 11.9. The van der Waals surface area contributed by atoms with Crippen molar-refractivity contribution >= 4 is 11.9 Å². The summed E-state index contributed by atoms with van der Waals surface area (Å²) < 4.78 is 5.96. The molecular formula is C14H24N2O4. The summed E-state index contributed by atoms with van der Waals surface area (Å²) in [5.41, 5.74) is 6.26. The van der Waals surface area contributed by atoms with Crippen LogP contribution in [0.1, 0.15) is 40.0 Å². The molecule has 3 unspecified atom stereocenters. The van der Waals surface area contributed by atoms with Crippen molar-refractivity contribution in [2.75, 3.05) is 0 Å². The van der Waals surface area contributed by atoms with Gasteiger partial charge in [0, 0.05) is 12.6 Å². The molecule has 0 heterocycles. The topological polar surface area (TPSA) is 102 Å². The maximum atomic E-state index is 11.3. The van der Waals surface area contributed by atoms with Gasteiger partial charge in [0.25, 0.3) is 0 Å². The van der Waals surface area contributed by atoms with Crippen LogP contribution >= 0.6 is 0 Å². The van der Waals surface area contributed by atoms with Crippen LogP contribution < -0.4 is 11.1 Å². The summed E-state index contributed by atoms with van der Waals surface area (Å²) in [6.07, 6.45) is 3.11. The maximum absolute atomic E-state index is 11.3. The predicted octanol–water partition coefficient (Wildman–Crippen LogP) is 1.01. The second kappa shape index (κ2) is 7.28. The van der Waals surface area contributed by atoms with Gasteiger partial charge in [-0.2, -0.15) is 0 Å². The number of hydrogen-bond acceptors (Lipinski definition) is 4. The number of aliphatic carboxylic acids is 1. The quantitative estimate of drug-likeness (QED) is 0.675. The summed E-state index contributed by atoms with van der Waals surface area (Å²) in [5.74, 6) is -1.80. The van der Waals surface area contributed by atoms with Crippen LogP contribution in [-0.4, -0.2) is 35.2 Å². The minimum absolute atomic E-state index is 0.0385. The van der Waals surface area contributed by atoms with Crippen LogP contribution in [0.4, 0.5) is 0 Å². The first kappa shape index (κ1) is 16.5. The second-order valence-electron chi connectivity index (χ2n) is 5.14. The number of ether oxygens (including phenoxy) is 1. The van der Waals surface area contributed by atoms with Crippen molar-refractivity contribution in [1.29, 1.82) is 0 Å². The highest BCUT2D eigenvalue weighted by molar-refractivity contribution is 5.75. The molecule has 0 spiro atoms. The number of amides is 1. The molecule has 6 heteroatoms. The van der Waals surface area contributed by atoms with Gasteiger partial charge < -0.3 is 20.9 Å². The summed E-state index contributed by atoms with van der Waals surface area (Å²) in [6, 6.07) is -0.455. The van der Waals surface area contributed by atoms with E-state index < -0.39 is 24.0 Å². The van der Waals surface area contributed by atoms with Crippen molar-refractivity contribution in [3.8, 4) is 0 Å². The maximum Gasteiger partial charge on any atom is 0.310 e. The molecule has 6 nitrogen and oxygen atoms in total. The first-order chi connectivity index (χ1) is 9.38. The van der Waals surface area contributed by atoms with Crippen molar-refractivity contribution in [1.82, 2.24) is 5.32 Å². The van der Waals surface area contributed by atoms with Gasteiger partial charge in [0.2, 0.25) is 5.91 Å². The predicted molar refractivity (Wildman–Crippen MR) is 74.9 cm³/mol. The number of hydrogen-bond donors (Lipinski definition) is 3. The molecule has 4 N–H and O–H groups in total. The normalized spacial score (nSPS) is 26.2. The van der Waals surface area contributed by atoms with E-state index in [1.165, 1.54) is 13.0 Å². The Kier molecular flexibility index (Phi) is 6.01. The van der Waals surface area contributed by atoms with Crippen molar-refractivity contribution in [3.05, 3.63) is 11.8 Å². The molecule has 114 valence electrons. The van der Waals surface area contributed by atoms with E-state index in [9.17, 15) is 9.59 Å². The zero-order valence-corrected chi connectivity index (χ0v) is 12.3. The lowest BCUT2D eigenvalue weighted by molar-refractivity contribution is -0.142. The Bertz CT molecular complexity index is 391. The molecule has 3 atom stereocenters. The van der Waals surface area contributed by atoms with Gasteiger partial charge in [-0.15, -0.1) is 0 Å². The molecule has 1 rings (SSSR count). The second-order valence-corrected chi connectivity index (χ2v) is 5.14. The van der Waals surface area contributed by atoms with Gasteiger partial charge in [-0.1, -0.05) is 13.8 Å². The van der Waals surface area contributed by atoms with Crippen molar-refractivity contribution in [2.24, 2.45) is 11.7 Å². The van der Waals surface area contributed by atoms with Gasteiger partial charge >= 0.3 is 5.97 Å². The monoisotopic (exact) mass is 284 g/mol. The molecule has 1 amide bonds. The fraction of sp³-hybridized carbons (Fsp3) is 0.714. The number of carboxylic acids is 1. The van der Waals surface area contributed by atoms with Gasteiger partial charge in [-0.3, -0.25) is 9.59 Å². The zero-order chi connectivity index (χ0) is 15.3. The SMILES string of the molecule is CCC(CC)OC1CC(C(=O)O)C=C(N)C1NC(C)=O. The van der Waals surface area contributed by atoms with Crippen LogP contribution in [0.5, 0.6) is 0 Å². The van der Waals surface area contributed by atoms with Crippen LogP contribution in [-0.2, 0) is 14.3 Å². The minimum atomic E-state index is -0.924. The lowest BCUT2D eigenvalue weighted by Crippen LogP contribution is -2.51. The third kappa shape index (κ3) is 4.23. The van der Waals surface area contributed by atoms with Gasteiger partial charge in [0.05, 0.1) is 24.2 Å². The Hall–Kier alpha value is -1.56. The Balaban J connectivity index is 2.92. The van der Waals surface area contributed by atoms with Crippen molar-refractivity contribution in [2.45, 2.75) is 58.3 Å². The standard InChI is InChI=1S/C14H24N2O4/c1-4-10(5-2)20-12-7-9(14(18)19)6-11(15)13(12)16-8(3)17/h6,9-10,12-13H,4-5,7,15H2,1-3H3,(H,16,17)(H,18,19). The number of carboxylic acid groups (broad SMARTS) is 1. The summed E-state index contributed by atoms with van der Waals surface area (Å²) >= 11 is 0. The molecule has 20 heavy (non-hydrogen) atoms. The van der Waals surface area contributed by atoms with Crippen LogP contribution in [0.15, 0.2) is 11.8 Å². The van der Waals surface area contributed by atoms with E-state index in [1.807, 2.05) is 13.8 Å². The van der Waals surface area contributed by atoms with Gasteiger partial charge in [0.15, 0.2) is 0 Å². The van der Waals surface area contributed by atoms with Crippen LogP contribution in [0.25, 0.3) is 0 Å². The average molecular weight is 284 g/mol. The molecular weight excluding hydrogens is 260 g/mol. The molecule has 0 aromatic rings. The number of nitrogens with two attached hydrogens (primary N) is 1. The van der Waals surface area contributed by atoms with Crippen molar-refractivity contribution < 1.29 is 19.4 Å². The molecule has 0 radical (unpaired) electrons. The fourth-order valence-corrected chi connectivity index (χ4v) is 2.43. The number of nitrogens with one attached hydrogen (secondary N) is 1. The molecule has 0 aromatic carbocycles. The van der Waals surface area contributed by atoms with Gasteiger partial charge in [-0.05, 0) is 25.3 Å². The van der Waals surface area contributed by atoms with E-state index in [-0.39, 0.29) is 12.0 Å². The number of carbonyl (C=O) groups is 2. The lowest BCUT2D eigenvalue weighted by atomic mass is 9.87. The third-order valence-corrected chi connectivity index (χ3v) is 3.56. The Morgan fingerprint density at radius 2 is 2.10 bits per heavy atom. The van der Waals surface area contributed by atoms with E-state index >= 15 is 0 Å². The first-order valence-electron chi connectivity index (χ1n) is 7.01. The van der Waals surface area contributed by atoms with E-state index in [2.05, 4.69) is 5.32 Å². The summed E-state index contributed by atoms with van der Waals surface area (Å²) in [4.78, 5) is 22.4.